The molecule has 5 nitrogen and oxygen atoms in total. The summed E-state index contributed by atoms with van der Waals surface area (Å²) in [5.41, 5.74) is 0.586. The molecule has 102 valence electrons. The highest BCUT2D eigenvalue weighted by Gasteiger charge is 2.28. The van der Waals surface area contributed by atoms with Gasteiger partial charge < -0.3 is 10.0 Å². The number of hydrogen-bond donors (Lipinski definition) is 1. The van der Waals surface area contributed by atoms with Crippen LogP contribution in [0.2, 0.25) is 0 Å². The molecule has 1 unspecified atom stereocenters. The predicted molar refractivity (Wildman–Crippen MR) is 73.7 cm³/mol. The molecule has 0 saturated heterocycles. The lowest BCUT2D eigenvalue weighted by atomic mass is 9.93. The van der Waals surface area contributed by atoms with Crippen LogP contribution in [0.5, 0.6) is 0 Å². The zero-order chi connectivity index (χ0) is 14.0. The predicted octanol–water partition coefficient (Wildman–Crippen LogP) is 2.47. The molecular formula is C13H16N2O3S. The van der Waals surface area contributed by atoms with Crippen LogP contribution in [0.25, 0.3) is 0 Å². The highest BCUT2D eigenvalue weighted by atomic mass is 32.1. The van der Waals surface area contributed by atoms with Crippen LogP contribution in [0.1, 0.15) is 35.3 Å². The van der Waals surface area contributed by atoms with Gasteiger partial charge in [-0.25, -0.2) is 4.79 Å². The van der Waals surface area contributed by atoms with Crippen molar-refractivity contribution in [3.63, 3.8) is 0 Å². The summed E-state index contributed by atoms with van der Waals surface area (Å²) in [5, 5.41) is 9.61. The van der Waals surface area contributed by atoms with Gasteiger partial charge in [0.25, 0.3) is 0 Å². The molecule has 1 aliphatic rings. The molecule has 6 heteroatoms. The fraction of sp³-hybridized carbons (Fsp3) is 0.462. The van der Waals surface area contributed by atoms with Crippen LogP contribution in [0.15, 0.2) is 12.2 Å². The van der Waals surface area contributed by atoms with Gasteiger partial charge in [0.1, 0.15) is 10.6 Å². The molecule has 1 N–H and O–H groups in total. The number of rotatable bonds is 3. The van der Waals surface area contributed by atoms with Crippen molar-refractivity contribution in [1.29, 1.82) is 0 Å². The molecule has 1 amide bonds. The van der Waals surface area contributed by atoms with Crippen LogP contribution in [-0.4, -0.2) is 28.4 Å². The Morgan fingerprint density at radius 1 is 1.47 bits per heavy atom. The van der Waals surface area contributed by atoms with Crippen LogP contribution in [0.3, 0.4) is 0 Å². The summed E-state index contributed by atoms with van der Waals surface area (Å²) in [6.07, 6.45) is 6.53. The molecule has 1 aromatic heterocycles. The fourth-order valence-electron chi connectivity index (χ4n) is 2.22. The smallest absolute Gasteiger partial charge is 0.340 e. The van der Waals surface area contributed by atoms with Gasteiger partial charge in [-0.05, 0) is 37.7 Å². The summed E-state index contributed by atoms with van der Waals surface area (Å²) in [7, 11) is 1.63. The number of amides is 1. The Labute approximate surface area is 115 Å². The van der Waals surface area contributed by atoms with E-state index >= 15 is 0 Å². The van der Waals surface area contributed by atoms with E-state index in [1.165, 1.54) is 4.90 Å². The number of hydrogen-bond acceptors (Lipinski definition) is 4. The Morgan fingerprint density at radius 2 is 2.21 bits per heavy atom. The Morgan fingerprint density at radius 3 is 2.79 bits per heavy atom. The second-order valence-corrected chi connectivity index (χ2v) is 5.38. The molecule has 0 saturated carbocycles. The largest absolute Gasteiger partial charge is 0.478 e. The second-order valence-electron chi connectivity index (χ2n) is 4.63. The van der Waals surface area contributed by atoms with Gasteiger partial charge in [0.2, 0.25) is 5.91 Å². The SMILES string of the molecule is Cc1nsc(N(C)C(=O)C2CC=CCC2)c1C(=O)O. The van der Waals surface area contributed by atoms with E-state index in [4.69, 9.17) is 0 Å². The molecule has 0 aliphatic heterocycles. The summed E-state index contributed by atoms with van der Waals surface area (Å²) in [6, 6.07) is 0. The molecule has 1 aromatic rings. The van der Waals surface area contributed by atoms with Crippen LogP contribution >= 0.6 is 11.5 Å². The van der Waals surface area contributed by atoms with Crippen LogP contribution in [0.4, 0.5) is 5.00 Å². The maximum Gasteiger partial charge on any atom is 0.340 e. The number of carboxylic acid groups (broad SMARTS) is 1. The standard InChI is InChI=1S/C13H16N2O3S/c1-8-10(13(17)18)12(19-14-8)15(2)11(16)9-6-4-3-5-7-9/h3-4,9H,5-7H2,1-2H3,(H,17,18). The molecular weight excluding hydrogens is 264 g/mol. The minimum Gasteiger partial charge on any atom is -0.478 e. The van der Waals surface area contributed by atoms with Gasteiger partial charge in [0.15, 0.2) is 0 Å². The molecule has 0 bridgehead atoms. The first-order chi connectivity index (χ1) is 9.02. The molecule has 1 aliphatic carbocycles. The van der Waals surface area contributed by atoms with Gasteiger partial charge in [-0.2, -0.15) is 4.37 Å². The molecule has 0 spiro atoms. The van der Waals surface area contributed by atoms with Gasteiger partial charge in [-0.15, -0.1) is 0 Å². The minimum atomic E-state index is -1.04. The molecule has 0 radical (unpaired) electrons. The van der Waals surface area contributed by atoms with Crippen molar-refractivity contribution in [1.82, 2.24) is 4.37 Å². The second kappa shape index (κ2) is 5.52. The summed E-state index contributed by atoms with van der Waals surface area (Å²) >= 11 is 1.06. The molecule has 1 atom stereocenters. The fourth-order valence-corrected chi connectivity index (χ4v) is 3.08. The Kier molecular flexibility index (Phi) is 3.99. The highest BCUT2D eigenvalue weighted by molar-refractivity contribution is 7.11. The van der Waals surface area contributed by atoms with Gasteiger partial charge >= 0.3 is 5.97 Å². The Bertz CT molecular complexity index is 536. The number of carboxylic acids is 1. The highest BCUT2D eigenvalue weighted by Crippen LogP contribution is 2.30. The van der Waals surface area contributed by atoms with E-state index in [1.807, 2.05) is 6.08 Å². The first-order valence-electron chi connectivity index (χ1n) is 6.14. The number of allylic oxidation sites excluding steroid dienone is 2. The van der Waals surface area contributed by atoms with Gasteiger partial charge in [-0.1, -0.05) is 12.2 Å². The monoisotopic (exact) mass is 280 g/mol. The maximum absolute atomic E-state index is 12.4. The number of carbonyl (C=O) groups is 2. The molecule has 19 heavy (non-hydrogen) atoms. The van der Waals surface area contributed by atoms with Crippen LogP contribution in [0, 0.1) is 12.8 Å². The van der Waals surface area contributed by atoms with Crippen molar-refractivity contribution in [2.75, 3.05) is 11.9 Å². The van der Waals surface area contributed by atoms with Crippen molar-refractivity contribution >= 4 is 28.4 Å². The Hall–Kier alpha value is -1.69. The van der Waals surface area contributed by atoms with Crippen molar-refractivity contribution in [2.45, 2.75) is 26.2 Å². The lowest BCUT2D eigenvalue weighted by molar-refractivity contribution is -0.122. The number of anilines is 1. The zero-order valence-corrected chi connectivity index (χ0v) is 11.7. The van der Waals surface area contributed by atoms with Crippen LogP contribution < -0.4 is 4.90 Å². The van der Waals surface area contributed by atoms with E-state index < -0.39 is 5.97 Å². The first-order valence-corrected chi connectivity index (χ1v) is 6.91. The third-order valence-corrected chi connectivity index (χ3v) is 4.33. The van der Waals surface area contributed by atoms with E-state index in [0.29, 0.717) is 10.7 Å². The maximum atomic E-state index is 12.4. The van der Waals surface area contributed by atoms with Gasteiger partial charge in [0.05, 0.1) is 5.69 Å². The first kappa shape index (κ1) is 13.7. The van der Waals surface area contributed by atoms with E-state index in [9.17, 15) is 14.7 Å². The summed E-state index contributed by atoms with van der Waals surface area (Å²) in [4.78, 5) is 25.0. The van der Waals surface area contributed by atoms with E-state index in [0.717, 1.165) is 30.8 Å². The Balaban J connectivity index is 2.24. The molecule has 0 fully saturated rings. The van der Waals surface area contributed by atoms with Crippen molar-refractivity contribution in [2.24, 2.45) is 5.92 Å². The number of aromatic carboxylic acids is 1. The number of aromatic nitrogens is 1. The average molecular weight is 280 g/mol. The zero-order valence-electron chi connectivity index (χ0n) is 10.9. The average Bonchev–Trinajstić information content (AvgIpc) is 2.80. The quantitative estimate of drug-likeness (QED) is 0.863. The van der Waals surface area contributed by atoms with Gasteiger partial charge in [0, 0.05) is 13.0 Å². The molecule has 0 aromatic carbocycles. The topological polar surface area (TPSA) is 70.5 Å². The van der Waals surface area contributed by atoms with E-state index in [-0.39, 0.29) is 17.4 Å². The van der Waals surface area contributed by atoms with E-state index in [2.05, 4.69) is 10.4 Å². The molecule has 1 heterocycles. The number of carbonyl (C=O) groups excluding carboxylic acids is 1. The lowest BCUT2D eigenvalue weighted by Crippen LogP contribution is -2.33. The van der Waals surface area contributed by atoms with Gasteiger partial charge in [-0.3, -0.25) is 4.79 Å². The summed E-state index contributed by atoms with van der Waals surface area (Å²) in [5.74, 6) is -1.13. The van der Waals surface area contributed by atoms with Crippen molar-refractivity contribution in [3.05, 3.63) is 23.4 Å². The minimum absolute atomic E-state index is 0.0319. The van der Waals surface area contributed by atoms with E-state index in [1.54, 1.807) is 14.0 Å². The number of aryl methyl sites for hydroxylation is 1. The lowest BCUT2D eigenvalue weighted by Gasteiger charge is -2.23. The van der Waals surface area contributed by atoms with Crippen molar-refractivity contribution < 1.29 is 14.7 Å². The third kappa shape index (κ3) is 2.68. The number of nitrogens with zero attached hydrogens (tertiary/aromatic N) is 2. The van der Waals surface area contributed by atoms with Crippen LogP contribution in [-0.2, 0) is 4.79 Å². The normalized spacial score (nSPS) is 18.3. The molecule has 2 rings (SSSR count). The third-order valence-electron chi connectivity index (χ3n) is 3.31. The summed E-state index contributed by atoms with van der Waals surface area (Å²) in [6.45, 7) is 1.64. The summed E-state index contributed by atoms with van der Waals surface area (Å²) < 4.78 is 4.04. The van der Waals surface area contributed by atoms with Crippen molar-refractivity contribution in [3.8, 4) is 0 Å².